The quantitative estimate of drug-likeness (QED) is 0.692. The molecule has 0 aliphatic carbocycles. The first-order valence-electron chi connectivity index (χ1n) is 10.6. The Bertz CT molecular complexity index is 860. The molecule has 0 unspecified atom stereocenters. The first-order chi connectivity index (χ1) is 12.5. The molecular weight excluding hydrogens is 254 g/mol. The SMILES string of the molecule is [2H]C([2H])([2H])C([2H])(c1cc(-c2ccccc2C)[n+](C)cc1C(C)(C)C)C([2H])([2H])[2H]. The molecule has 0 fully saturated rings. The molecule has 0 N–H and O–H groups in total. The summed E-state index contributed by atoms with van der Waals surface area (Å²) in [6.45, 7) is 1.55. The Morgan fingerprint density at radius 2 is 1.86 bits per heavy atom. The average Bonchev–Trinajstić information content (AvgIpc) is 2.51. The van der Waals surface area contributed by atoms with Gasteiger partial charge in [0.15, 0.2) is 6.20 Å². The molecule has 0 saturated carbocycles. The van der Waals surface area contributed by atoms with Crippen molar-refractivity contribution in [2.45, 2.75) is 52.7 Å². The predicted molar refractivity (Wildman–Crippen MR) is 90.6 cm³/mol. The van der Waals surface area contributed by atoms with Crippen LogP contribution in [0.4, 0.5) is 0 Å². The minimum atomic E-state index is -3.03. The molecule has 0 atom stereocenters. The van der Waals surface area contributed by atoms with Crippen LogP contribution in [0.1, 0.15) is 66.7 Å². The van der Waals surface area contributed by atoms with Gasteiger partial charge in [-0.15, -0.1) is 0 Å². The summed E-state index contributed by atoms with van der Waals surface area (Å²) in [7, 11) is 1.84. The average molecular weight is 289 g/mol. The molecule has 0 bridgehead atoms. The van der Waals surface area contributed by atoms with E-state index in [-0.39, 0.29) is 5.56 Å². The Morgan fingerprint density at radius 3 is 2.43 bits per heavy atom. The van der Waals surface area contributed by atoms with Gasteiger partial charge in [-0.1, -0.05) is 52.7 Å². The molecule has 1 aromatic heterocycles. The van der Waals surface area contributed by atoms with Gasteiger partial charge in [0.05, 0.1) is 0 Å². The fraction of sp³-hybridized carbons (Fsp3) is 0.450. The van der Waals surface area contributed by atoms with Crippen LogP contribution in [0, 0.1) is 6.92 Å². The summed E-state index contributed by atoms with van der Waals surface area (Å²) in [6.07, 6.45) is 1.76. The van der Waals surface area contributed by atoms with E-state index in [1.165, 1.54) is 0 Å². The zero-order valence-corrected chi connectivity index (χ0v) is 13.4. The fourth-order valence-corrected chi connectivity index (χ4v) is 2.58. The molecule has 1 heteroatoms. The van der Waals surface area contributed by atoms with Crippen LogP contribution >= 0.6 is 0 Å². The van der Waals surface area contributed by atoms with Crippen LogP contribution < -0.4 is 4.57 Å². The maximum Gasteiger partial charge on any atom is 0.212 e. The number of aromatic nitrogens is 1. The monoisotopic (exact) mass is 289 g/mol. The number of hydrogen-bond donors (Lipinski definition) is 0. The van der Waals surface area contributed by atoms with Gasteiger partial charge in [0.2, 0.25) is 5.69 Å². The Hall–Kier alpha value is -1.63. The molecule has 0 radical (unpaired) electrons. The summed E-state index contributed by atoms with van der Waals surface area (Å²) in [6, 6.07) is 9.20. The van der Waals surface area contributed by atoms with E-state index < -0.39 is 25.0 Å². The van der Waals surface area contributed by atoms with Crippen molar-refractivity contribution < 1.29 is 14.2 Å². The van der Waals surface area contributed by atoms with Crippen LogP contribution in [0.15, 0.2) is 36.5 Å². The van der Waals surface area contributed by atoms with Gasteiger partial charge in [-0.05, 0) is 35.4 Å². The lowest BCUT2D eigenvalue weighted by molar-refractivity contribution is -0.661. The summed E-state index contributed by atoms with van der Waals surface area (Å²) < 4.78 is 58.2. The number of pyridine rings is 1. The van der Waals surface area contributed by atoms with Crippen molar-refractivity contribution >= 4 is 0 Å². The van der Waals surface area contributed by atoms with E-state index in [9.17, 15) is 0 Å². The highest BCUT2D eigenvalue weighted by Gasteiger charge is 2.25. The number of rotatable bonds is 2. The van der Waals surface area contributed by atoms with Crippen molar-refractivity contribution in [2.24, 2.45) is 7.05 Å². The molecule has 2 aromatic rings. The van der Waals surface area contributed by atoms with Gasteiger partial charge < -0.3 is 0 Å². The van der Waals surface area contributed by atoms with E-state index in [1.54, 1.807) is 12.3 Å². The highest BCUT2D eigenvalue weighted by atomic mass is 14.9. The fourth-order valence-electron chi connectivity index (χ4n) is 2.58. The smallest absolute Gasteiger partial charge is 0.201 e. The van der Waals surface area contributed by atoms with Crippen molar-refractivity contribution in [1.82, 2.24) is 0 Å². The summed E-state index contributed by atoms with van der Waals surface area (Å²) >= 11 is 0. The standard InChI is InChI=1S/C20H28N/c1-14(2)17-12-19(16-11-9-8-10-15(16)3)21(7)13-18(17)20(4,5)6/h8-14H,1-7H3/q+1/i1D3,2D3,14D. The summed E-state index contributed by atoms with van der Waals surface area (Å²) in [5, 5.41) is 0. The molecule has 2 rings (SSSR count). The number of nitrogens with zero attached hydrogens (tertiary/aromatic N) is 1. The van der Waals surface area contributed by atoms with Crippen LogP contribution in [-0.2, 0) is 12.5 Å². The highest BCUT2D eigenvalue weighted by Crippen LogP contribution is 2.32. The van der Waals surface area contributed by atoms with Gasteiger partial charge >= 0.3 is 0 Å². The van der Waals surface area contributed by atoms with Crippen LogP contribution in [0.2, 0.25) is 0 Å². The second-order valence-electron chi connectivity index (χ2n) is 6.54. The molecule has 0 amide bonds. The second-order valence-corrected chi connectivity index (χ2v) is 6.54. The van der Waals surface area contributed by atoms with Crippen LogP contribution in [0.3, 0.4) is 0 Å². The van der Waals surface area contributed by atoms with Crippen LogP contribution in [0.5, 0.6) is 0 Å². The van der Waals surface area contributed by atoms with Gasteiger partial charge in [-0.25, -0.2) is 4.57 Å². The van der Waals surface area contributed by atoms with E-state index in [1.807, 2.05) is 63.6 Å². The van der Waals surface area contributed by atoms with Gasteiger partial charge in [0, 0.05) is 26.8 Å². The first kappa shape index (κ1) is 8.73. The predicted octanol–water partition coefficient (Wildman–Crippen LogP) is 4.91. The van der Waals surface area contributed by atoms with Crippen LogP contribution in [0.25, 0.3) is 11.3 Å². The second kappa shape index (κ2) is 5.63. The molecule has 1 nitrogen and oxygen atoms in total. The van der Waals surface area contributed by atoms with E-state index >= 15 is 0 Å². The maximum atomic E-state index is 8.73. The van der Waals surface area contributed by atoms with Crippen molar-refractivity contribution in [3.63, 3.8) is 0 Å². The topological polar surface area (TPSA) is 3.88 Å². The molecule has 0 aliphatic rings. The molecule has 0 aliphatic heterocycles. The van der Waals surface area contributed by atoms with Crippen molar-refractivity contribution in [2.75, 3.05) is 0 Å². The maximum absolute atomic E-state index is 8.73. The normalized spacial score (nSPS) is 18.6. The van der Waals surface area contributed by atoms with Crippen molar-refractivity contribution in [3.05, 3.63) is 53.2 Å². The third-order valence-electron chi connectivity index (χ3n) is 3.77. The molecule has 21 heavy (non-hydrogen) atoms. The number of hydrogen-bond acceptors (Lipinski definition) is 0. The van der Waals surface area contributed by atoms with Gasteiger partial charge in [0.1, 0.15) is 7.05 Å². The summed E-state index contributed by atoms with van der Waals surface area (Å²) in [5.41, 5.74) is 2.54. The van der Waals surface area contributed by atoms with Gasteiger partial charge in [0.25, 0.3) is 0 Å². The van der Waals surface area contributed by atoms with Gasteiger partial charge in [-0.2, -0.15) is 0 Å². The Labute approximate surface area is 139 Å². The Balaban J connectivity index is 2.99. The molecular formula is C20H28N+. The molecule has 0 spiro atoms. The summed E-state index contributed by atoms with van der Waals surface area (Å²) in [4.78, 5) is 0. The third-order valence-corrected chi connectivity index (χ3v) is 3.77. The largest absolute Gasteiger partial charge is 0.212 e. The lowest BCUT2D eigenvalue weighted by Gasteiger charge is -2.23. The minimum absolute atomic E-state index is 0.0244. The first-order valence-corrected chi connectivity index (χ1v) is 7.12. The van der Waals surface area contributed by atoms with E-state index in [0.717, 1.165) is 11.1 Å². The molecule has 1 heterocycles. The number of benzene rings is 1. The summed E-state index contributed by atoms with van der Waals surface area (Å²) in [5.74, 6) is -2.74. The zero-order valence-electron chi connectivity index (χ0n) is 20.4. The van der Waals surface area contributed by atoms with Gasteiger partial charge in [-0.3, -0.25) is 0 Å². The van der Waals surface area contributed by atoms with Crippen molar-refractivity contribution in [3.8, 4) is 11.3 Å². The lowest BCUT2D eigenvalue weighted by atomic mass is 9.81. The lowest BCUT2D eigenvalue weighted by Crippen LogP contribution is -2.34. The van der Waals surface area contributed by atoms with E-state index in [4.69, 9.17) is 9.60 Å². The molecule has 112 valence electrons. The minimum Gasteiger partial charge on any atom is -0.201 e. The number of aryl methyl sites for hydroxylation is 2. The molecule has 1 aromatic carbocycles. The highest BCUT2D eigenvalue weighted by molar-refractivity contribution is 5.62. The third kappa shape index (κ3) is 3.18. The van der Waals surface area contributed by atoms with E-state index in [2.05, 4.69) is 0 Å². The van der Waals surface area contributed by atoms with E-state index in [0.29, 0.717) is 11.3 Å². The zero-order chi connectivity index (χ0) is 21.7. The molecule has 0 saturated heterocycles. The Kier molecular flexibility index (Phi) is 2.34. The Morgan fingerprint density at radius 1 is 1.19 bits per heavy atom. The van der Waals surface area contributed by atoms with Crippen LogP contribution in [-0.4, -0.2) is 0 Å². The van der Waals surface area contributed by atoms with Crippen molar-refractivity contribution in [1.29, 1.82) is 0 Å².